The summed E-state index contributed by atoms with van der Waals surface area (Å²) < 4.78 is 5.78. The zero-order chi connectivity index (χ0) is 10.7. The summed E-state index contributed by atoms with van der Waals surface area (Å²) in [4.78, 5) is 0. The quantitative estimate of drug-likeness (QED) is 0.435. The molecule has 1 aliphatic carbocycles. The molecule has 3 nitrogen and oxygen atoms in total. The lowest BCUT2D eigenvalue weighted by atomic mass is 9.82. The van der Waals surface area contributed by atoms with Crippen molar-refractivity contribution in [3.8, 4) is 6.07 Å². The van der Waals surface area contributed by atoms with Gasteiger partial charge in [-0.15, -0.1) is 0 Å². The van der Waals surface area contributed by atoms with E-state index in [0.29, 0.717) is 0 Å². The van der Waals surface area contributed by atoms with Gasteiger partial charge in [0.25, 0.3) is 0 Å². The molecule has 3 heteroatoms. The van der Waals surface area contributed by atoms with Crippen LogP contribution in [0.25, 0.3) is 0 Å². The summed E-state index contributed by atoms with van der Waals surface area (Å²) in [7, 11) is 0. The molecule has 0 bridgehead atoms. The van der Waals surface area contributed by atoms with Crippen LogP contribution < -0.4 is 0 Å². The zero-order valence-corrected chi connectivity index (χ0v) is 8.91. The van der Waals surface area contributed by atoms with E-state index in [0.717, 1.165) is 38.5 Å². The van der Waals surface area contributed by atoms with Gasteiger partial charge in [-0.2, -0.15) is 5.26 Å². The molecule has 1 aliphatic heterocycles. The molecule has 1 saturated carbocycles. The van der Waals surface area contributed by atoms with E-state index in [1.54, 1.807) is 6.08 Å². The van der Waals surface area contributed by atoms with E-state index in [1.807, 2.05) is 0 Å². The largest absolute Gasteiger partial charge is 0.396 e. The summed E-state index contributed by atoms with van der Waals surface area (Å²) in [6.45, 7) is 0.266. The average Bonchev–Trinajstić information content (AvgIpc) is 2.95. The molecule has 1 N–H and O–H groups in total. The number of nitrogens with zero attached hydrogens (tertiary/aromatic N) is 1. The second kappa shape index (κ2) is 4.34. The number of ether oxygens (including phenoxy) is 1. The number of hydrogen-bond donors (Lipinski definition) is 1. The first-order valence-electron chi connectivity index (χ1n) is 5.70. The van der Waals surface area contributed by atoms with Crippen molar-refractivity contribution in [2.75, 3.05) is 6.61 Å². The lowest BCUT2D eigenvalue weighted by Crippen LogP contribution is -2.21. The van der Waals surface area contributed by atoms with Crippen LogP contribution in [0, 0.1) is 11.3 Å². The highest BCUT2D eigenvalue weighted by Gasteiger charge is 2.58. The standard InChI is InChI=1S/C12H17NO2/c13-8-5-10-4-3-7-12(11(10)15-12)6-1-2-9-14/h5,11,14H,1-4,6-7,9H2/b10-5+. The number of rotatable bonds is 4. The lowest BCUT2D eigenvalue weighted by molar-refractivity contribution is 0.245. The Bertz CT molecular complexity index is 305. The van der Waals surface area contributed by atoms with E-state index in [-0.39, 0.29) is 18.3 Å². The molecule has 0 spiro atoms. The van der Waals surface area contributed by atoms with Crippen LogP contribution in [0.2, 0.25) is 0 Å². The molecule has 2 rings (SSSR count). The minimum Gasteiger partial charge on any atom is -0.396 e. The number of allylic oxidation sites excluding steroid dienone is 1. The van der Waals surface area contributed by atoms with E-state index < -0.39 is 0 Å². The Labute approximate surface area is 90.4 Å². The molecule has 1 saturated heterocycles. The van der Waals surface area contributed by atoms with Gasteiger partial charge in [0.05, 0.1) is 11.7 Å². The lowest BCUT2D eigenvalue weighted by Gasteiger charge is -2.18. The van der Waals surface area contributed by atoms with Gasteiger partial charge >= 0.3 is 0 Å². The Hall–Kier alpha value is -0.850. The monoisotopic (exact) mass is 207 g/mol. The van der Waals surface area contributed by atoms with Crippen LogP contribution in [0.3, 0.4) is 0 Å². The van der Waals surface area contributed by atoms with Gasteiger partial charge in [0.2, 0.25) is 0 Å². The second-order valence-electron chi connectivity index (χ2n) is 4.45. The van der Waals surface area contributed by atoms with E-state index in [9.17, 15) is 0 Å². The summed E-state index contributed by atoms with van der Waals surface area (Å²) in [6.07, 6.45) is 8.03. The highest BCUT2D eigenvalue weighted by molar-refractivity contribution is 5.30. The van der Waals surface area contributed by atoms with Crippen LogP contribution in [0.5, 0.6) is 0 Å². The average molecular weight is 207 g/mol. The number of epoxide rings is 1. The zero-order valence-electron chi connectivity index (χ0n) is 8.91. The molecule has 0 amide bonds. The predicted octanol–water partition coefficient (Wildman–Crippen LogP) is 1.92. The normalized spacial score (nSPS) is 36.0. The van der Waals surface area contributed by atoms with E-state index >= 15 is 0 Å². The smallest absolute Gasteiger partial charge is 0.109 e. The number of fused-ring (bicyclic) bond motifs is 1. The Balaban J connectivity index is 1.91. The first kappa shape index (κ1) is 10.7. The van der Waals surface area contributed by atoms with Gasteiger partial charge in [-0.1, -0.05) is 0 Å². The molecule has 0 aromatic heterocycles. The molecule has 0 aromatic carbocycles. The highest BCUT2D eigenvalue weighted by atomic mass is 16.6. The predicted molar refractivity (Wildman–Crippen MR) is 56.1 cm³/mol. The van der Waals surface area contributed by atoms with Gasteiger partial charge in [-0.25, -0.2) is 0 Å². The molecular weight excluding hydrogens is 190 g/mol. The third kappa shape index (κ3) is 2.06. The van der Waals surface area contributed by atoms with Gasteiger partial charge in [0.15, 0.2) is 0 Å². The fourth-order valence-electron chi connectivity index (χ4n) is 2.61. The topological polar surface area (TPSA) is 56.5 Å². The maximum absolute atomic E-state index is 8.73. The van der Waals surface area contributed by atoms with Crippen LogP contribution in [-0.2, 0) is 4.74 Å². The van der Waals surface area contributed by atoms with Gasteiger partial charge in [0.1, 0.15) is 6.10 Å². The Morgan fingerprint density at radius 1 is 1.60 bits per heavy atom. The molecule has 1 heterocycles. The number of hydrogen-bond acceptors (Lipinski definition) is 3. The van der Waals surface area contributed by atoms with Crippen molar-refractivity contribution in [1.82, 2.24) is 0 Å². The number of nitriles is 1. The molecular formula is C12H17NO2. The van der Waals surface area contributed by atoms with Crippen molar-refractivity contribution < 1.29 is 9.84 Å². The first-order chi connectivity index (χ1) is 7.32. The summed E-state index contributed by atoms with van der Waals surface area (Å²) in [5.74, 6) is 0. The SMILES string of the molecule is N#C/C=C1\CCCC2(CCCCO)OC12. The Morgan fingerprint density at radius 2 is 2.47 bits per heavy atom. The van der Waals surface area contributed by atoms with Gasteiger partial charge < -0.3 is 9.84 Å². The fourth-order valence-corrected chi connectivity index (χ4v) is 2.61. The van der Waals surface area contributed by atoms with Crippen LogP contribution in [0.15, 0.2) is 11.6 Å². The van der Waals surface area contributed by atoms with Crippen LogP contribution in [0.1, 0.15) is 38.5 Å². The second-order valence-corrected chi connectivity index (χ2v) is 4.45. The van der Waals surface area contributed by atoms with Crippen molar-refractivity contribution >= 4 is 0 Å². The minimum absolute atomic E-state index is 0.0378. The molecule has 2 unspecified atom stereocenters. The third-order valence-corrected chi connectivity index (χ3v) is 3.43. The number of aliphatic hydroxyl groups excluding tert-OH is 1. The molecule has 2 fully saturated rings. The van der Waals surface area contributed by atoms with Crippen molar-refractivity contribution in [2.45, 2.75) is 50.2 Å². The Kier molecular flexibility index (Phi) is 3.08. The van der Waals surface area contributed by atoms with E-state index in [4.69, 9.17) is 15.1 Å². The van der Waals surface area contributed by atoms with Gasteiger partial charge in [0, 0.05) is 12.7 Å². The fraction of sp³-hybridized carbons (Fsp3) is 0.750. The summed E-state index contributed by atoms with van der Waals surface area (Å²) in [6, 6.07) is 2.10. The summed E-state index contributed by atoms with van der Waals surface area (Å²) in [5, 5.41) is 17.4. The Morgan fingerprint density at radius 3 is 3.20 bits per heavy atom. The molecule has 0 radical (unpaired) electrons. The van der Waals surface area contributed by atoms with Crippen LogP contribution in [-0.4, -0.2) is 23.4 Å². The molecule has 82 valence electrons. The summed E-state index contributed by atoms with van der Waals surface area (Å²) >= 11 is 0. The minimum atomic E-state index is 0.0378. The van der Waals surface area contributed by atoms with Crippen molar-refractivity contribution in [1.29, 1.82) is 5.26 Å². The molecule has 2 aliphatic rings. The first-order valence-corrected chi connectivity index (χ1v) is 5.70. The van der Waals surface area contributed by atoms with Crippen LogP contribution >= 0.6 is 0 Å². The van der Waals surface area contributed by atoms with Gasteiger partial charge in [-0.3, -0.25) is 0 Å². The molecule has 0 aromatic rings. The van der Waals surface area contributed by atoms with Crippen molar-refractivity contribution in [2.24, 2.45) is 0 Å². The van der Waals surface area contributed by atoms with Crippen molar-refractivity contribution in [3.63, 3.8) is 0 Å². The van der Waals surface area contributed by atoms with E-state index in [2.05, 4.69) is 6.07 Å². The highest BCUT2D eigenvalue weighted by Crippen LogP contribution is 2.53. The van der Waals surface area contributed by atoms with E-state index in [1.165, 1.54) is 5.57 Å². The maximum Gasteiger partial charge on any atom is 0.109 e. The number of unbranched alkanes of at least 4 members (excludes halogenated alkanes) is 1. The third-order valence-electron chi connectivity index (χ3n) is 3.43. The van der Waals surface area contributed by atoms with Crippen LogP contribution in [0.4, 0.5) is 0 Å². The maximum atomic E-state index is 8.73. The number of aliphatic hydroxyl groups is 1. The summed E-state index contributed by atoms with van der Waals surface area (Å²) in [5.41, 5.74) is 1.21. The van der Waals surface area contributed by atoms with Crippen molar-refractivity contribution in [3.05, 3.63) is 11.6 Å². The van der Waals surface area contributed by atoms with Gasteiger partial charge in [-0.05, 0) is 44.1 Å². The molecule has 15 heavy (non-hydrogen) atoms. The molecule has 2 atom stereocenters.